The maximum Gasteiger partial charge on any atom is 0.0595 e. The second kappa shape index (κ2) is 4.63. The molecule has 0 spiro atoms. The average molecular weight is 194 g/mol. The van der Waals surface area contributed by atoms with Crippen LogP contribution in [0.2, 0.25) is 0 Å². The predicted molar refractivity (Wildman–Crippen MR) is 62.5 cm³/mol. The Morgan fingerprint density at radius 1 is 1.21 bits per heavy atom. The van der Waals surface area contributed by atoms with Crippen LogP contribution in [0, 0.1) is 0 Å². The van der Waals surface area contributed by atoms with Crippen molar-refractivity contribution in [3.8, 4) is 0 Å². The molecule has 80 valence electrons. The first-order chi connectivity index (χ1) is 6.53. The van der Waals surface area contributed by atoms with Gasteiger partial charge in [-0.2, -0.15) is 5.10 Å². The van der Waals surface area contributed by atoms with E-state index in [4.69, 9.17) is 0 Å². The van der Waals surface area contributed by atoms with Gasteiger partial charge in [-0.05, 0) is 39.2 Å². The van der Waals surface area contributed by atoms with E-state index in [1.54, 1.807) is 0 Å². The molecule has 2 nitrogen and oxygen atoms in total. The lowest BCUT2D eigenvalue weighted by Gasteiger charge is -2.33. The van der Waals surface area contributed by atoms with Crippen LogP contribution in [-0.4, -0.2) is 11.3 Å². The molecule has 1 rings (SSSR count). The van der Waals surface area contributed by atoms with Crippen molar-refractivity contribution in [3.05, 3.63) is 12.2 Å². The summed E-state index contributed by atoms with van der Waals surface area (Å²) in [5.74, 6) is 0. The molecule has 0 saturated heterocycles. The van der Waals surface area contributed by atoms with Crippen LogP contribution >= 0.6 is 0 Å². The van der Waals surface area contributed by atoms with Crippen LogP contribution in [0.1, 0.15) is 52.9 Å². The van der Waals surface area contributed by atoms with Crippen molar-refractivity contribution in [3.63, 3.8) is 0 Å². The van der Waals surface area contributed by atoms with E-state index in [1.165, 1.54) is 32.1 Å². The van der Waals surface area contributed by atoms with Gasteiger partial charge in [0.2, 0.25) is 0 Å². The van der Waals surface area contributed by atoms with E-state index in [1.807, 2.05) is 13.8 Å². The monoisotopic (exact) mass is 194 g/mol. The normalized spacial score (nSPS) is 21.8. The molecule has 0 bridgehead atoms. The molecule has 1 aliphatic carbocycles. The van der Waals surface area contributed by atoms with Gasteiger partial charge in [-0.15, -0.1) is 0 Å². The number of rotatable bonds is 3. The molecule has 0 aromatic carbocycles. The van der Waals surface area contributed by atoms with Crippen molar-refractivity contribution in [2.45, 2.75) is 58.4 Å². The zero-order valence-corrected chi connectivity index (χ0v) is 9.69. The fourth-order valence-corrected chi connectivity index (χ4v) is 1.76. The standard InChI is InChI=1S/C12H22N2/c1-10(2)11(3)13-14-12(4)8-6-5-7-9-12/h14H,1,5-9H2,2-4H3. The first kappa shape index (κ1) is 11.3. The van der Waals surface area contributed by atoms with Gasteiger partial charge in [0.05, 0.1) is 11.3 Å². The topological polar surface area (TPSA) is 24.4 Å². The van der Waals surface area contributed by atoms with E-state index in [0.29, 0.717) is 0 Å². The van der Waals surface area contributed by atoms with E-state index < -0.39 is 0 Å². The molecule has 1 N–H and O–H groups in total. The summed E-state index contributed by atoms with van der Waals surface area (Å²) < 4.78 is 0. The number of nitrogens with one attached hydrogen (secondary N) is 1. The lowest BCUT2D eigenvalue weighted by molar-refractivity contribution is 0.259. The quantitative estimate of drug-likeness (QED) is 0.541. The Labute approximate surface area is 87.5 Å². The lowest BCUT2D eigenvalue weighted by Crippen LogP contribution is -2.41. The summed E-state index contributed by atoms with van der Waals surface area (Å²) in [6, 6.07) is 0. The minimum atomic E-state index is 0.217. The molecule has 0 radical (unpaired) electrons. The molecule has 14 heavy (non-hydrogen) atoms. The summed E-state index contributed by atoms with van der Waals surface area (Å²) in [6.45, 7) is 10.1. The summed E-state index contributed by atoms with van der Waals surface area (Å²) in [4.78, 5) is 0. The van der Waals surface area contributed by atoms with E-state index in [9.17, 15) is 0 Å². The Morgan fingerprint density at radius 3 is 2.29 bits per heavy atom. The van der Waals surface area contributed by atoms with Gasteiger partial charge in [-0.1, -0.05) is 25.8 Å². The third-order valence-electron chi connectivity index (χ3n) is 3.07. The summed E-state index contributed by atoms with van der Waals surface area (Å²) >= 11 is 0. The van der Waals surface area contributed by atoms with Crippen LogP contribution in [0.15, 0.2) is 17.3 Å². The van der Waals surface area contributed by atoms with E-state index in [0.717, 1.165) is 11.3 Å². The van der Waals surface area contributed by atoms with Crippen LogP contribution in [0.3, 0.4) is 0 Å². The van der Waals surface area contributed by atoms with Gasteiger partial charge < -0.3 is 5.43 Å². The zero-order chi connectivity index (χ0) is 10.6. The van der Waals surface area contributed by atoms with Gasteiger partial charge in [-0.25, -0.2) is 0 Å². The molecule has 1 saturated carbocycles. The average Bonchev–Trinajstić information content (AvgIpc) is 2.15. The van der Waals surface area contributed by atoms with Crippen molar-refractivity contribution in [2.24, 2.45) is 5.10 Å². The van der Waals surface area contributed by atoms with Crippen LogP contribution in [-0.2, 0) is 0 Å². The van der Waals surface area contributed by atoms with Gasteiger partial charge in [-0.3, -0.25) is 0 Å². The summed E-state index contributed by atoms with van der Waals surface area (Å²) in [6.07, 6.45) is 6.50. The first-order valence-corrected chi connectivity index (χ1v) is 5.51. The Morgan fingerprint density at radius 2 is 1.79 bits per heavy atom. The largest absolute Gasteiger partial charge is 0.304 e. The number of nitrogens with zero attached hydrogens (tertiary/aromatic N) is 1. The molecule has 0 unspecified atom stereocenters. The number of hydrogen-bond acceptors (Lipinski definition) is 2. The third-order valence-corrected chi connectivity index (χ3v) is 3.07. The number of allylic oxidation sites excluding steroid dienone is 1. The Balaban J connectivity index is 2.50. The summed E-state index contributed by atoms with van der Waals surface area (Å²) in [7, 11) is 0. The van der Waals surface area contributed by atoms with E-state index in [2.05, 4.69) is 24.0 Å². The molecule has 2 heteroatoms. The smallest absolute Gasteiger partial charge is 0.0595 e. The highest BCUT2D eigenvalue weighted by molar-refractivity contribution is 5.96. The summed E-state index contributed by atoms with van der Waals surface area (Å²) in [5.41, 5.74) is 5.57. The van der Waals surface area contributed by atoms with Crippen molar-refractivity contribution < 1.29 is 0 Å². The van der Waals surface area contributed by atoms with Crippen molar-refractivity contribution >= 4 is 5.71 Å². The molecule has 0 heterocycles. The summed E-state index contributed by atoms with van der Waals surface area (Å²) in [5, 5.41) is 4.39. The highest BCUT2D eigenvalue weighted by Crippen LogP contribution is 2.27. The zero-order valence-electron chi connectivity index (χ0n) is 9.69. The van der Waals surface area contributed by atoms with Gasteiger partial charge in [0.25, 0.3) is 0 Å². The molecular weight excluding hydrogens is 172 g/mol. The third kappa shape index (κ3) is 3.17. The van der Waals surface area contributed by atoms with Crippen LogP contribution in [0.5, 0.6) is 0 Å². The SMILES string of the molecule is C=C(C)C(C)=NNC1(C)CCCCC1. The maximum atomic E-state index is 4.39. The van der Waals surface area contributed by atoms with Crippen molar-refractivity contribution in [1.82, 2.24) is 5.43 Å². The van der Waals surface area contributed by atoms with Gasteiger partial charge in [0.15, 0.2) is 0 Å². The van der Waals surface area contributed by atoms with Gasteiger partial charge in [0, 0.05) is 0 Å². The van der Waals surface area contributed by atoms with E-state index in [-0.39, 0.29) is 5.54 Å². The highest BCUT2D eigenvalue weighted by atomic mass is 15.3. The highest BCUT2D eigenvalue weighted by Gasteiger charge is 2.25. The van der Waals surface area contributed by atoms with Crippen LogP contribution < -0.4 is 5.43 Å². The van der Waals surface area contributed by atoms with Crippen LogP contribution in [0.4, 0.5) is 0 Å². The molecule has 0 aliphatic heterocycles. The van der Waals surface area contributed by atoms with Crippen molar-refractivity contribution in [1.29, 1.82) is 0 Å². The lowest BCUT2D eigenvalue weighted by atomic mass is 9.84. The van der Waals surface area contributed by atoms with Crippen LogP contribution in [0.25, 0.3) is 0 Å². The first-order valence-electron chi connectivity index (χ1n) is 5.51. The van der Waals surface area contributed by atoms with Gasteiger partial charge >= 0.3 is 0 Å². The molecular formula is C12H22N2. The Kier molecular flexibility index (Phi) is 3.73. The second-order valence-electron chi connectivity index (χ2n) is 4.71. The molecule has 0 aromatic heterocycles. The predicted octanol–water partition coefficient (Wildman–Crippen LogP) is 3.25. The molecule has 1 fully saturated rings. The number of hydrogen-bond donors (Lipinski definition) is 1. The van der Waals surface area contributed by atoms with E-state index >= 15 is 0 Å². The Hall–Kier alpha value is -0.790. The molecule has 0 amide bonds. The molecule has 0 atom stereocenters. The second-order valence-corrected chi connectivity index (χ2v) is 4.71. The fourth-order valence-electron chi connectivity index (χ4n) is 1.76. The fraction of sp³-hybridized carbons (Fsp3) is 0.750. The Bertz CT molecular complexity index is 235. The van der Waals surface area contributed by atoms with Gasteiger partial charge in [0.1, 0.15) is 0 Å². The minimum absolute atomic E-state index is 0.217. The molecule has 1 aliphatic rings. The van der Waals surface area contributed by atoms with Crippen molar-refractivity contribution in [2.75, 3.05) is 0 Å². The molecule has 0 aromatic rings. The number of hydrazone groups is 1. The maximum absolute atomic E-state index is 4.39. The minimum Gasteiger partial charge on any atom is -0.304 e.